The van der Waals surface area contributed by atoms with Crippen molar-refractivity contribution >= 4 is 11.9 Å². The lowest BCUT2D eigenvalue weighted by Crippen LogP contribution is -2.33. The van der Waals surface area contributed by atoms with Crippen molar-refractivity contribution in [3.8, 4) is 0 Å². The average Bonchev–Trinajstić information content (AvgIpc) is 2.43. The minimum absolute atomic E-state index is 0.130. The van der Waals surface area contributed by atoms with Gasteiger partial charge < -0.3 is 15.2 Å². The number of hydrogen-bond acceptors (Lipinski definition) is 3. The van der Waals surface area contributed by atoms with Crippen LogP contribution in [0.15, 0.2) is 18.2 Å². The minimum atomic E-state index is -1.06. The van der Waals surface area contributed by atoms with Gasteiger partial charge in [0.15, 0.2) is 6.04 Å². The molecule has 0 radical (unpaired) electrons. The van der Waals surface area contributed by atoms with Crippen molar-refractivity contribution in [2.75, 3.05) is 6.61 Å². The molecule has 0 bridgehead atoms. The molecule has 0 spiro atoms. The van der Waals surface area contributed by atoms with Gasteiger partial charge in [-0.15, -0.1) is 0 Å². The number of ether oxygens (including phenoxy) is 1. The summed E-state index contributed by atoms with van der Waals surface area (Å²) in [6.45, 7) is 8.23. The van der Waals surface area contributed by atoms with Gasteiger partial charge in [-0.1, -0.05) is 18.2 Å². The van der Waals surface area contributed by atoms with E-state index >= 15 is 0 Å². The van der Waals surface area contributed by atoms with E-state index in [1.165, 1.54) is 0 Å². The molecule has 1 aromatic carbocycles. The molecule has 5 heteroatoms. The molecule has 0 fully saturated rings. The van der Waals surface area contributed by atoms with Crippen LogP contribution in [-0.4, -0.2) is 29.7 Å². The molecular weight excluding hydrogens is 282 g/mol. The van der Waals surface area contributed by atoms with Gasteiger partial charge in [0.05, 0.1) is 6.10 Å². The zero-order valence-corrected chi connectivity index (χ0v) is 13.7. The second kappa shape index (κ2) is 8.54. The molecule has 1 amide bonds. The van der Waals surface area contributed by atoms with Gasteiger partial charge >= 0.3 is 5.97 Å². The maximum absolute atomic E-state index is 11.9. The first-order valence-corrected chi connectivity index (χ1v) is 7.52. The summed E-state index contributed by atoms with van der Waals surface area (Å²) in [5.74, 6) is -1.34. The molecule has 0 saturated heterocycles. The normalized spacial score (nSPS) is 12.2. The maximum Gasteiger partial charge on any atom is 0.330 e. The van der Waals surface area contributed by atoms with Gasteiger partial charge in [0, 0.05) is 13.0 Å². The van der Waals surface area contributed by atoms with E-state index in [0.717, 1.165) is 11.1 Å². The molecule has 0 aliphatic rings. The lowest BCUT2D eigenvalue weighted by atomic mass is 10.0. The van der Waals surface area contributed by atoms with E-state index in [1.54, 1.807) is 12.1 Å². The number of nitrogens with one attached hydrogen (secondary N) is 1. The third kappa shape index (κ3) is 5.85. The molecule has 1 aromatic rings. The molecule has 0 aliphatic carbocycles. The van der Waals surface area contributed by atoms with Crippen LogP contribution >= 0.6 is 0 Å². The Labute approximate surface area is 131 Å². The first-order chi connectivity index (χ1) is 10.3. The van der Waals surface area contributed by atoms with E-state index < -0.39 is 12.0 Å². The fraction of sp³-hybridized carbons (Fsp3) is 0.529. The van der Waals surface area contributed by atoms with Gasteiger partial charge in [0.1, 0.15) is 0 Å². The highest BCUT2D eigenvalue weighted by Gasteiger charge is 2.22. The number of hydrogen-bond donors (Lipinski definition) is 2. The highest BCUT2D eigenvalue weighted by Crippen LogP contribution is 2.18. The second-order valence-corrected chi connectivity index (χ2v) is 5.71. The second-order valence-electron chi connectivity index (χ2n) is 5.71. The van der Waals surface area contributed by atoms with Crippen molar-refractivity contribution in [1.82, 2.24) is 5.32 Å². The predicted molar refractivity (Wildman–Crippen MR) is 84.8 cm³/mol. The topological polar surface area (TPSA) is 75.6 Å². The van der Waals surface area contributed by atoms with Gasteiger partial charge in [0.25, 0.3) is 0 Å². The molecular formula is C17H25NO4. The van der Waals surface area contributed by atoms with Gasteiger partial charge in [-0.3, -0.25) is 4.79 Å². The van der Waals surface area contributed by atoms with Crippen LogP contribution in [0.1, 0.15) is 49.4 Å². The van der Waals surface area contributed by atoms with Crippen molar-refractivity contribution in [3.63, 3.8) is 0 Å². The molecule has 1 rings (SSSR count). The molecule has 0 saturated carbocycles. The lowest BCUT2D eigenvalue weighted by molar-refractivity contribution is -0.142. The van der Waals surface area contributed by atoms with E-state index in [1.807, 2.05) is 33.8 Å². The largest absolute Gasteiger partial charge is 0.479 e. The first-order valence-electron chi connectivity index (χ1n) is 7.52. The highest BCUT2D eigenvalue weighted by molar-refractivity contribution is 5.84. The summed E-state index contributed by atoms with van der Waals surface area (Å²) in [5.41, 5.74) is 2.68. The minimum Gasteiger partial charge on any atom is -0.479 e. The van der Waals surface area contributed by atoms with Crippen molar-refractivity contribution in [1.29, 1.82) is 0 Å². The molecule has 22 heavy (non-hydrogen) atoms. The molecule has 1 unspecified atom stereocenters. The van der Waals surface area contributed by atoms with Crippen LogP contribution in [0.3, 0.4) is 0 Å². The van der Waals surface area contributed by atoms with Gasteiger partial charge in [-0.25, -0.2) is 4.79 Å². The molecule has 0 aliphatic heterocycles. The number of aryl methyl sites for hydroxylation is 2. The highest BCUT2D eigenvalue weighted by atomic mass is 16.5. The molecule has 1 atom stereocenters. The fourth-order valence-corrected chi connectivity index (χ4v) is 2.02. The summed E-state index contributed by atoms with van der Waals surface area (Å²) < 4.78 is 5.36. The SMILES string of the molecule is Cc1ccc(C(NC(=O)CCCOC(C)C)C(=O)O)cc1C. The lowest BCUT2D eigenvalue weighted by Gasteiger charge is -2.16. The fourth-order valence-electron chi connectivity index (χ4n) is 2.02. The van der Waals surface area contributed by atoms with Crippen LogP contribution in [0.4, 0.5) is 0 Å². The van der Waals surface area contributed by atoms with Crippen molar-refractivity contribution < 1.29 is 19.4 Å². The Kier molecular flexibility index (Phi) is 7.05. The van der Waals surface area contributed by atoms with E-state index in [9.17, 15) is 14.7 Å². The number of rotatable bonds is 8. The smallest absolute Gasteiger partial charge is 0.330 e. The van der Waals surface area contributed by atoms with Gasteiger partial charge in [-0.05, 0) is 50.8 Å². The number of aliphatic carboxylic acids is 1. The summed E-state index contributed by atoms with van der Waals surface area (Å²) in [4.78, 5) is 23.3. The third-order valence-corrected chi connectivity index (χ3v) is 3.42. The quantitative estimate of drug-likeness (QED) is 0.724. The van der Waals surface area contributed by atoms with Crippen LogP contribution in [0, 0.1) is 13.8 Å². The number of amides is 1. The number of carboxylic acids is 1. The number of carbonyl (C=O) groups excluding carboxylic acids is 1. The van der Waals surface area contributed by atoms with Crippen LogP contribution in [0.5, 0.6) is 0 Å². The summed E-state index contributed by atoms with van der Waals surface area (Å²) in [5, 5.41) is 11.9. The number of benzene rings is 1. The Morgan fingerprint density at radius 2 is 1.91 bits per heavy atom. The first kappa shape index (κ1) is 18.2. The van der Waals surface area contributed by atoms with E-state index in [0.29, 0.717) is 18.6 Å². The summed E-state index contributed by atoms with van der Waals surface area (Å²) in [6, 6.07) is 4.39. The Morgan fingerprint density at radius 1 is 1.23 bits per heavy atom. The molecule has 2 N–H and O–H groups in total. The molecule has 122 valence electrons. The third-order valence-electron chi connectivity index (χ3n) is 3.42. The monoisotopic (exact) mass is 307 g/mol. The van der Waals surface area contributed by atoms with Crippen LogP contribution in [0.2, 0.25) is 0 Å². The summed E-state index contributed by atoms with van der Waals surface area (Å²) in [6.07, 6.45) is 0.954. The Balaban J connectivity index is 2.62. The van der Waals surface area contributed by atoms with Crippen molar-refractivity contribution in [2.45, 2.75) is 52.7 Å². The average molecular weight is 307 g/mol. The Bertz CT molecular complexity index is 525. The van der Waals surface area contributed by atoms with Gasteiger partial charge in [0.2, 0.25) is 5.91 Å². The van der Waals surface area contributed by atoms with Crippen LogP contribution in [-0.2, 0) is 14.3 Å². The van der Waals surface area contributed by atoms with Gasteiger partial charge in [-0.2, -0.15) is 0 Å². The Morgan fingerprint density at radius 3 is 2.45 bits per heavy atom. The zero-order valence-electron chi connectivity index (χ0n) is 13.7. The van der Waals surface area contributed by atoms with Crippen molar-refractivity contribution in [2.24, 2.45) is 0 Å². The van der Waals surface area contributed by atoms with Crippen LogP contribution < -0.4 is 5.32 Å². The van der Waals surface area contributed by atoms with E-state index in [-0.39, 0.29) is 18.4 Å². The van der Waals surface area contributed by atoms with E-state index in [2.05, 4.69) is 5.32 Å². The Hall–Kier alpha value is -1.88. The van der Waals surface area contributed by atoms with Crippen LogP contribution in [0.25, 0.3) is 0 Å². The molecule has 0 heterocycles. The number of carbonyl (C=O) groups is 2. The van der Waals surface area contributed by atoms with E-state index in [4.69, 9.17) is 4.74 Å². The summed E-state index contributed by atoms with van der Waals surface area (Å²) in [7, 11) is 0. The molecule has 0 aromatic heterocycles. The zero-order chi connectivity index (χ0) is 16.7. The van der Waals surface area contributed by atoms with Crippen molar-refractivity contribution in [3.05, 3.63) is 34.9 Å². The standard InChI is InChI=1S/C17H25NO4/c1-11(2)22-9-5-6-15(19)18-16(17(20)21)14-8-7-12(3)13(4)10-14/h7-8,10-11,16H,5-6,9H2,1-4H3,(H,18,19)(H,20,21). The maximum atomic E-state index is 11.9. The predicted octanol–water partition coefficient (Wildman–Crippen LogP) is 2.75. The molecule has 5 nitrogen and oxygen atoms in total. The number of carboxylic acid groups (broad SMARTS) is 1. The summed E-state index contributed by atoms with van der Waals surface area (Å²) >= 11 is 0.